The van der Waals surface area contributed by atoms with Crippen LogP contribution < -0.4 is 10.1 Å². The zero-order valence-electron chi connectivity index (χ0n) is 19.1. The fraction of sp³-hybridized carbons (Fsp3) is 0.346. The van der Waals surface area contributed by atoms with Gasteiger partial charge in [0.25, 0.3) is 5.91 Å². The van der Waals surface area contributed by atoms with Gasteiger partial charge in [-0.1, -0.05) is 30.7 Å². The lowest BCUT2D eigenvalue weighted by Gasteiger charge is -2.34. The summed E-state index contributed by atoms with van der Waals surface area (Å²) in [5.41, 5.74) is 3.16. The molecule has 1 aliphatic heterocycles. The van der Waals surface area contributed by atoms with Crippen molar-refractivity contribution in [3.8, 4) is 5.75 Å². The van der Waals surface area contributed by atoms with Crippen LogP contribution in [0.2, 0.25) is 0 Å². The Kier molecular flexibility index (Phi) is 7.29. The monoisotopic (exact) mass is 448 g/mol. The highest BCUT2D eigenvalue weighted by atomic mass is 19.1. The quantitative estimate of drug-likeness (QED) is 0.573. The van der Waals surface area contributed by atoms with Gasteiger partial charge in [0.05, 0.1) is 24.4 Å². The zero-order valence-corrected chi connectivity index (χ0v) is 19.1. The largest absolute Gasteiger partial charge is 0.497 e. The predicted molar refractivity (Wildman–Crippen MR) is 124 cm³/mol. The first-order valence-electron chi connectivity index (χ1n) is 11.3. The lowest BCUT2D eigenvalue weighted by atomic mass is 10.00. The maximum atomic E-state index is 13.1. The van der Waals surface area contributed by atoms with Crippen molar-refractivity contribution in [2.45, 2.75) is 45.3 Å². The van der Waals surface area contributed by atoms with Gasteiger partial charge < -0.3 is 10.1 Å². The lowest BCUT2D eigenvalue weighted by molar-refractivity contribution is 0.0948. The van der Waals surface area contributed by atoms with Crippen LogP contribution in [-0.2, 0) is 13.1 Å². The molecule has 33 heavy (non-hydrogen) atoms. The number of nitrogens with zero attached hydrogens (tertiary/aromatic N) is 3. The first-order chi connectivity index (χ1) is 16.0. The van der Waals surface area contributed by atoms with Crippen LogP contribution in [0.15, 0.2) is 54.7 Å². The molecule has 1 N–H and O–H groups in total. The number of rotatable bonds is 7. The van der Waals surface area contributed by atoms with Crippen molar-refractivity contribution in [3.05, 3.63) is 88.8 Å². The van der Waals surface area contributed by atoms with Crippen molar-refractivity contribution in [2.24, 2.45) is 0 Å². The minimum absolute atomic E-state index is 0.121. The summed E-state index contributed by atoms with van der Waals surface area (Å²) in [6, 6.07) is 14.3. The molecule has 0 aliphatic carbocycles. The Hall–Kier alpha value is -3.32. The van der Waals surface area contributed by atoms with Crippen LogP contribution in [0.1, 0.15) is 58.3 Å². The van der Waals surface area contributed by atoms with E-state index in [0.29, 0.717) is 17.8 Å². The normalized spacial score (nSPS) is 16.4. The fourth-order valence-electron chi connectivity index (χ4n) is 4.19. The highest BCUT2D eigenvalue weighted by Crippen LogP contribution is 2.30. The number of aryl methyl sites for hydroxylation is 1. The molecule has 4 rings (SSSR count). The Balaban J connectivity index is 1.44. The van der Waals surface area contributed by atoms with Crippen molar-refractivity contribution in [3.63, 3.8) is 0 Å². The predicted octanol–water partition coefficient (Wildman–Crippen LogP) is 4.59. The van der Waals surface area contributed by atoms with E-state index in [4.69, 9.17) is 9.72 Å². The van der Waals surface area contributed by atoms with Gasteiger partial charge in [-0.3, -0.25) is 9.69 Å². The highest BCUT2D eigenvalue weighted by Gasteiger charge is 2.27. The van der Waals surface area contributed by atoms with E-state index >= 15 is 0 Å². The Morgan fingerprint density at radius 1 is 1.12 bits per heavy atom. The maximum absolute atomic E-state index is 13.1. The number of methoxy groups -OCH3 is 1. The van der Waals surface area contributed by atoms with E-state index in [1.165, 1.54) is 17.7 Å². The second-order valence-electron chi connectivity index (χ2n) is 8.37. The third-order valence-electron chi connectivity index (χ3n) is 6.07. The Labute approximate surface area is 193 Å². The van der Waals surface area contributed by atoms with Gasteiger partial charge in [0.1, 0.15) is 17.4 Å². The summed E-state index contributed by atoms with van der Waals surface area (Å²) in [4.78, 5) is 24.4. The number of piperidine rings is 1. The molecule has 1 fully saturated rings. The topological polar surface area (TPSA) is 67.3 Å². The molecule has 0 spiro atoms. The number of halogens is 1. The number of carbonyl (C=O) groups excluding carboxylic acids is 1. The second-order valence-corrected chi connectivity index (χ2v) is 8.37. The van der Waals surface area contributed by atoms with E-state index in [1.807, 2.05) is 19.1 Å². The molecule has 1 aliphatic rings. The second kappa shape index (κ2) is 10.5. The molecule has 0 bridgehead atoms. The third-order valence-corrected chi connectivity index (χ3v) is 6.07. The van der Waals surface area contributed by atoms with E-state index in [2.05, 4.69) is 27.3 Å². The van der Waals surface area contributed by atoms with E-state index in [9.17, 15) is 9.18 Å². The van der Waals surface area contributed by atoms with Gasteiger partial charge in [0.15, 0.2) is 0 Å². The van der Waals surface area contributed by atoms with Crippen LogP contribution in [0.3, 0.4) is 0 Å². The summed E-state index contributed by atoms with van der Waals surface area (Å²) in [6.07, 6.45) is 4.89. The molecule has 1 amide bonds. The number of likely N-dealkylation sites (tertiary alicyclic amines) is 1. The van der Waals surface area contributed by atoms with Crippen LogP contribution in [0, 0.1) is 12.7 Å². The number of benzene rings is 2. The minimum atomic E-state index is -0.298. The molecule has 2 aromatic carbocycles. The van der Waals surface area contributed by atoms with Crippen molar-refractivity contribution in [1.82, 2.24) is 20.2 Å². The standard InChI is InChI=1S/C26H29FN4O2/c1-18-23(26(32)29-15-19-6-10-21(27)11-7-19)16-28-25(30-18)24-5-3-4-14-31(24)17-20-8-12-22(33-2)13-9-20/h6-13,16,24H,3-5,14-15,17H2,1-2H3,(H,29,32). The molecular formula is C26H29FN4O2. The van der Waals surface area contributed by atoms with E-state index < -0.39 is 0 Å². The molecule has 172 valence electrons. The van der Waals surface area contributed by atoms with Gasteiger partial charge in [-0.15, -0.1) is 0 Å². The van der Waals surface area contributed by atoms with Crippen LogP contribution in [0.4, 0.5) is 4.39 Å². The molecular weight excluding hydrogens is 419 g/mol. The summed E-state index contributed by atoms with van der Waals surface area (Å²) in [5, 5.41) is 2.86. The Morgan fingerprint density at radius 3 is 2.55 bits per heavy atom. The number of hydrogen-bond donors (Lipinski definition) is 1. The SMILES string of the molecule is COc1ccc(CN2CCCCC2c2ncc(C(=O)NCc3ccc(F)cc3)c(C)n2)cc1. The average molecular weight is 449 g/mol. The van der Waals surface area contributed by atoms with Crippen molar-refractivity contribution < 1.29 is 13.9 Å². The molecule has 0 radical (unpaired) electrons. The molecule has 1 unspecified atom stereocenters. The van der Waals surface area contributed by atoms with Gasteiger partial charge in [0, 0.05) is 19.3 Å². The van der Waals surface area contributed by atoms with Gasteiger partial charge >= 0.3 is 0 Å². The molecule has 7 heteroatoms. The van der Waals surface area contributed by atoms with Crippen LogP contribution in [-0.4, -0.2) is 34.4 Å². The summed E-state index contributed by atoms with van der Waals surface area (Å²) in [7, 11) is 1.67. The molecule has 6 nitrogen and oxygen atoms in total. The third kappa shape index (κ3) is 5.73. The number of ether oxygens (including phenoxy) is 1. The summed E-state index contributed by atoms with van der Waals surface area (Å²) in [5.74, 6) is 1.08. The summed E-state index contributed by atoms with van der Waals surface area (Å²) < 4.78 is 18.3. The number of aromatic nitrogens is 2. The van der Waals surface area contributed by atoms with Gasteiger partial charge in [-0.2, -0.15) is 0 Å². The number of nitrogens with one attached hydrogen (secondary N) is 1. The number of amides is 1. The summed E-state index contributed by atoms with van der Waals surface area (Å²) in [6.45, 7) is 3.96. The Bertz CT molecular complexity index is 1090. The molecule has 0 saturated carbocycles. The molecule has 3 aromatic rings. The van der Waals surface area contributed by atoms with Crippen LogP contribution in [0.25, 0.3) is 0 Å². The van der Waals surface area contributed by atoms with Gasteiger partial charge in [-0.25, -0.2) is 14.4 Å². The van der Waals surface area contributed by atoms with Crippen molar-refractivity contribution in [2.75, 3.05) is 13.7 Å². The van der Waals surface area contributed by atoms with Gasteiger partial charge in [0.2, 0.25) is 0 Å². The molecule has 1 atom stereocenters. The smallest absolute Gasteiger partial charge is 0.254 e. The van der Waals surface area contributed by atoms with E-state index in [0.717, 1.165) is 49.5 Å². The summed E-state index contributed by atoms with van der Waals surface area (Å²) >= 11 is 0. The number of hydrogen-bond acceptors (Lipinski definition) is 5. The molecule has 1 saturated heterocycles. The fourth-order valence-corrected chi connectivity index (χ4v) is 4.19. The van der Waals surface area contributed by atoms with E-state index in [1.54, 1.807) is 25.4 Å². The van der Waals surface area contributed by atoms with E-state index in [-0.39, 0.29) is 17.8 Å². The molecule has 2 heterocycles. The zero-order chi connectivity index (χ0) is 23.2. The Morgan fingerprint density at radius 2 is 1.85 bits per heavy atom. The number of carbonyl (C=O) groups is 1. The van der Waals surface area contributed by atoms with Crippen LogP contribution in [0.5, 0.6) is 5.75 Å². The van der Waals surface area contributed by atoms with Crippen LogP contribution >= 0.6 is 0 Å². The van der Waals surface area contributed by atoms with Gasteiger partial charge in [-0.05, 0) is 61.7 Å². The highest BCUT2D eigenvalue weighted by molar-refractivity contribution is 5.94. The first kappa shape index (κ1) is 22.9. The average Bonchev–Trinajstić information content (AvgIpc) is 2.84. The minimum Gasteiger partial charge on any atom is -0.497 e. The van der Waals surface area contributed by atoms with Crippen molar-refractivity contribution in [1.29, 1.82) is 0 Å². The first-order valence-corrected chi connectivity index (χ1v) is 11.3. The lowest BCUT2D eigenvalue weighted by Crippen LogP contribution is -2.34. The maximum Gasteiger partial charge on any atom is 0.254 e. The molecule has 1 aromatic heterocycles. The van der Waals surface area contributed by atoms with Crippen molar-refractivity contribution >= 4 is 5.91 Å².